The molecule has 18 heavy (non-hydrogen) atoms. The summed E-state index contributed by atoms with van der Waals surface area (Å²) in [6.45, 7) is 0. The Morgan fingerprint density at radius 3 is 2.67 bits per heavy atom. The van der Waals surface area contributed by atoms with Crippen LogP contribution in [0.25, 0.3) is 10.8 Å². The zero-order chi connectivity index (χ0) is 12.4. The van der Waals surface area contributed by atoms with E-state index in [4.69, 9.17) is 0 Å². The zero-order valence-electron chi connectivity index (χ0n) is 9.56. The molecular formula is C14H11N3O. The lowest BCUT2D eigenvalue weighted by Gasteiger charge is -2.12. The number of benzene rings is 1. The summed E-state index contributed by atoms with van der Waals surface area (Å²) < 4.78 is 0. The molecule has 2 heterocycles. The smallest absolute Gasteiger partial charge is 0.108 e. The molecule has 0 radical (unpaired) electrons. The van der Waals surface area contributed by atoms with E-state index in [2.05, 4.69) is 15.2 Å². The molecule has 1 atom stereocenters. The Kier molecular flexibility index (Phi) is 2.70. The van der Waals surface area contributed by atoms with E-state index in [1.165, 1.54) is 0 Å². The van der Waals surface area contributed by atoms with Crippen LogP contribution in [0.1, 0.15) is 17.2 Å². The van der Waals surface area contributed by atoms with Crippen molar-refractivity contribution in [1.29, 1.82) is 0 Å². The maximum absolute atomic E-state index is 10.4. The van der Waals surface area contributed by atoms with Gasteiger partial charge in [0.2, 0.25) is 0 Å². The summed E-state index contributed by atoms with van der Waals surface area (Å²) in [4.78, 5) is 4.16. The summed E-state index contributed by atoms with van der Waals surface area (Å²) in [5.74, 6) is 0. The van der Waals surface area contributed by atoms with Gasteiger partial charge in [0.1, 0.15) is 6.10 Å². The molecule has 4 nitrogen and oxygen atoms in total. The number of pyridine rings is 1. The Morgan fingerprint density at radius 1 is 0.944 bits per heavy atom. The fourth-order valence-corrected chi connectivity index (χ4v) is 2.00. The van der Waals surface area contributed by atoms with Crippen LogP contribution in [-0.2, 0) is 0 Å². The molecule has 0 aliphatic carbocycles. The largest absolute Gasteiger partial charge is 0.384 e. The van der Waals surface area contributed by atoms with Crippen LogP contribution in [0.2, 0.25) is 0 Å². The molecule has 3 aromatic rings. The molecule has 1 N–H and O–H groups in total. The van der Waals surface area contributed by atoms with E-state index in [9.17, 15) is 5.11 Å². The standard InChI is InChI=1S/C14H11N3O/c18-14(11-5-6-16-17-8-11)13-9-15-7-10-3-1-2-4-12(10)13/h1-9,14,18H. The average molecular weight is 237 g/mol. The molecule has 0 saturated heterocycles. The second-order valence-electron chi connectivity index (χ2n) is 4.03. The number of aliphatic hydroxyl groups is 1. The SMILES string of the molecule is OC(c1ccnnc1)c1cncc2ccccc12. The highest BCUT2D eigenvalue weighted by Gasteiger charge is 2.13. The molecule has 88 valence electrons. The van der Waals surface area contributed by atoms with Crippen molar-refractivity contribution >= 4 is 10.8 Å². The van der Waals surface area contributed by atoms with Gasteiger partial charge >= 0.3 is 0 Å². The van der Waals surface area contributed by atoms with Gasteiger partial charge in [-0.25, -0.2) is 0 Å². The molecule has 0 amide bonds. The van der Waals surface area contributed by atoms with E-state index in [1.807, 2.05) is 24.3 Å². The van der Waals surface area contributed by atoms with E-state index in [0.29, 0.717) is 5.56 Å². The van der Waals surface area contributed by atoms with Crippen molar-refractivity contribution in [3.05, 3.63) is 66.2 Å². The molecule has 0 aliphatic rings. The van der Waals surface area contributed by atoms with Crippen LogP contribution < -0.4 is 0 Å². The fourth-order valence-electron chi connectivity index (χ4n) is 2.00. The average Bonchev–Trinajstić information content (AvgIpc) is 2.47. The number of rotatable bonds is 2. The van der Waals surface area contributed by atoms with Crippen molar-refractivity contribution in [2.24, 2.45) is 0 Å². The predicted octanol–water partition coefficient (Wildman–Crippen LogP) is 2.11. The van der Waals surface area contributed by atoms with Crippen LogP contribution in [-0.4, -0.2) is 20.3 Å². The zero-order valence-corrected chi connectivity index (χ0v) is 9.56. The van der Waals surface area contributed by atoms with Gasteiger partial charge < -0.3 is 5.11 Å². The van der Waals surface area contributed by atoms with Crippen molar-refractivity contribution in [2.75, 3.05) is 0 Å². The molecule has 3 rings (SSSR count). The third kappa shape index (κ3) is 1.83. The van der Waals surface area contributed by atoms with Crippen LogP contribution in [0.5, 0.6) is 0 Å². The second-order valence-corrected chi connectivity index (χ2v) is 4.03. The molecule has 4 heteroatoms. The van der Waals surface area contributed by atoms with Crippen molar-refractivity contribution in [3.63, 3.8) is 0 Å². The number of nitrogens with zero attached hydrogens (tertiary/aromatic N) is 3. The quantitative estimate of drug-likeness (QED) is 0.741. The van der Waals surface area contributed by atoms with Crippen LogP contribution in [0.4, 0.5) is 0 Å². The normalized spacial score (nSPS) is 12.5. The van der Waals surface area contributed by atoms with Gasteiger partial charge in [0.25, 0.3) is 0 Å². The van der Waals surface area contributed by atoms with Crippen molar-refractivity contribution in [1.82, 2.24) is 15.2 Å². The van der Waals surface area contributed by atoms with Crippen LogP contribution >= 0.6 is 0 Å². The van der Waals surface area contributed by atoms with Gasteiger partial charge in [-0.05, 0) is 11.5 Å². The van der Waals surface area contributed by atoms with Crippen LogP contribution in [0, 0.1) is 0 Å². The van der Waals surface area contributed by atoms with E-state index < -0.39 is 6.10 Å². The summed E-state index contributed by atoms with van der Waals surface area (Å²) in [5, 5.41) is 19.9. The molecule has 0 saturated carbocycles. The number of aromatic nitrogens is 3. The van der Waals surface area contributed by atoms with Crippen LogP contribution in [0.3, 0.4) is 0 Å². The number of hydrogen-bond acceptors (Lipinski definition) is 4. The second kappa shape index (κ2) is 4.50. The first-order chi connectivity index (χ1) is 8.86. The Labute approximate surface area is 104 Å². The van der Waals surface area contributed by atoms with Gasteiger partial charge in [0, 0.05) is 35.1 Å². The molecule has 0 aliphatic heterocycles. The monoisotopic (exact) mass is 237 g/mol. The molecule has 1 unspecified atom stereocenters. The third-order valence-electron chi connectivity index (χ3n) is 2.92. The number of aliphatic hydroxyl groups excluding tert-OH is 1. The summed E-state index contributed by atoms with van der Waals surface area (Å²) >= 11 is 0. The Hall–Kier alpha value is -2.33. The van der Waals surface area contributed by atoms with Gasteiger partial charge in [0.15, 0.2) is 0 Å². The Bertz CT molecular complexity index is 665. The summed E-state index contributed by atoms with van der Waals surface area (Å²) in [6.07, 6.45) is 5.87. The van der Waals surface area contributed by atoms with Gasteiger partial charge in [0.05, 0.1) is 6.20 Å². The first-order valence-electron chi connectivity index (χ1n) is 5.63. The van der Waals surface area contributed by atoms with E-state index in [-0.39, 0.29) is 0 Å². The summed E-state index contributed by atoms with van der Waals surface area (Å²) in [7, 11) is 0. The topological polar surface area (TPSA) is 58.9 Å². The number of fused-ring (bicyclic) bond motifs is 1. The maximum Gasteiger partial charge on any atom is 0.108 e. The predicted molar refractivity (Wildman–Crippen MR) is 67.8 cm³/mol. The molecule has 2 aromatic heterocycles. The molecule has 1 aromatic carbocycles. The maximum atomic E-state index is 10.4. The molecule has 0 fully saturated rings. The highest BCUT2D eigenvalue weighted by Crippen LogP contribution is 2.27. The van der Waals surface area contributed by atoms with Gasteiger partial charge in [-0.15, -0.1) is 0 Å². The lowest BCUT2D eigenvalue weighted by atomic mass is 10.00. The first-order valence-corrected chi connectivity index (χ1v) is 5.63. The minimum atomic E-state index is -0.737. The third-order valence-corrected chi connectivity index (χ3v) is 2.92. The van der Waals surface area contributed by atoms with E-state index in [1.54, 1.807) is 30.9 Å². The fraction of sp³-hybridized carbons (Fsp3) is 0.0714. The van der Waals surface area contributed by atoms with Gasteiger partial charge in [-0.1, -0.05) is 24.3 Å². The number of hydrogen-bond donors (Lipinski definition) is 1. The summed E-state index contributed by atoms with van der Waals surface area (Å²) in [5.41, 5.74) is 1.49. The highest BCUT2D eigenvalue weighted by atomic mass is 16.3. The first kappa shape index (κ1) is 10.8. The van der Waals surface area contributed by atoms with E-state index in [0.717, 1.165) is 16.3 Å². The van der Waals surface area contributed by atoms with Crippen LogP contribution in [0.15, 0.2) is 55.1 Å². The Balaban J connectivity index is 2.15. The van der Waals surface area contributed by atoms with Gasteiger partial charge in [-0.2, -0.15) is 10.2 Å². The van der Waals surface area contributed by atoms with E-state index >= 15 is 0 Å². The van der Waals surface area contributed by atoms with Gasteiger partial charge in [-0.3, -0.25) is 4.98 Å². The highest BCUT2D eigenvalue weighted by molar-refractivity contribution is 5.85. The van der Waals surface area contributed by atoms with Crippen molar-refractivity contribution in [2.45, 2.75) is 6.10 Å². The summed E-state index contributed by atoms with van der Waals surface area (Å²) in [6, 6.07) is 9.60. The minimum absolute atomic E-state index is 0.711. The lowest BCUT2D eigenvalue weighted by Crippen LogP contribution is -2.02. The van der Waals surface area contributed by atoms with Crippen molar-refractivity contribution in [3.8, 4) is 0 Å². The lowest BCUT2D eigenvalue weighted by molar-refractivity contribution is 0.221. The Morgan fingerprint density at radius 2 is 1.83 bits per heavy atom. The molecule has 0 bridgehead atoms. The minimum Gasteiger partial charge on any atom is -0.384 e. The molecular weight excluding hydrogens is 226 g/mol. The molecule has 0 spiro atoms. The van der Waals surface area contributed by atoms with Crippen molar-refractivity contribution < 1.29 is 5.11 Å².